The first-order valence-corrected chi connectivity index (χ1v) is 12.5. The number of rotatable bonds is 0. The molecule has 0 aliphatic heterocycles. The molecule has 0 aliphatic carbocycles. The van der Waals surface area contributed by atoms with Crippen LogP contribution in [0.4, 0.5) is 0 Å². The molecule has 5 aromatic carbocycles. The van der Waals surface area contributed by atoms with E-state index in [2.05, 4.69) is 91.6 Å². The van der Waals surface area contributed by atoms with E-state index in [1.54, 1.807) is 0 Å². The fourth-order valence-corrected chi connectivity index (χ4v) is 4.77. The van der Waals surface area contributed by atoms with E-state index in [1.165, 1.54) is 65.3 Å². The van der Waals surface area contributed by atoms with E-state index >= 15 is 0 Å². The molecule has 0 spiro atoms. The maximum atomic E-state index is 3.66. The second-order valence-corrected chi connectivity index (χ2v) is 7.57. The summed E-state index contributed by atoms with van der Waals surface area (Å²) in [6.07, 6.45) is 0. The minimum absolute atomic E-state index is 1.21. The summed E-state index contributed by atoms with van der Waals surface area (Å²) in [5.41, 5.74) is 5.14. The second-order valence-electron chi connectivity index (χ2n) is 7.57. The van der Waals surface area contributed by atoms with E-state index in [0.29, 0.717) is 0 Å². The van der Waals surface area contributed by atoms with Crippen LogP contribution < -0.4 is 0 Å². The lowest BCUT2D eigenvalue weighted by Crippen LogP contribution is -1.88. The van der Waals surface area contributed by atoms with Gasteiger partial charge in [0.15, 0.2) is 0 Å². The first-order valence-electron chi connectivity index (χ1n) is 12.5. The van der Waals surface area contributed by atoms with Crippen molar-refractivity contribution in [3.63, 3.8) is 0 Å². The van der Waals surface area contributed by atoms with Crippen molar-refractivity contribution in [1.29, 1.82) is 0 Å². The first-order chi connectivity index (χ1) is 16.2. The van der Waals surface area contributed by atoms with Crippen molar-refractivity contribution in [1.82, 2.24) is 4.98 Å². The van der Waals surface area contributed by atoms with E-state index in [1.807, 2.05) is 41.5 Å². The highest BCUT2D eigenvalue weighted by Gasteiger charge is 2.13. The fourth-order valence-electron chi connectivity index (χ4n) is 4.77. The van der Waals surface area contributed by atoms with Gasteiger partial charge in [-0.3, -0.25) is 0 Å². The van der Waals surface area contributed by atoms with Crippen molar-refractivity contribution >= 4 is 54.1 Å². The van der Waals surface area contributed by atoms with Crippen molar-refractivity contribution in [3.05, 3.63) is 83.9 Å². The van der Waals surface area contributed by atoms with Gasteiger partial charge in [0.25, 0.3) is 0 Å². The van der Waals surface area contributed by atoms with Crippen LogP contribution in [0.1, 0.15) is 52.7 Å². The lowest BCUT2D eigenvalue weighted by molar-refractivity contribution is 1.50. The predicted molar refractivity (Wildman–Crippen MR) is 152 cm³/mol. The third kappa shape index (κ3) is 3.97. The molecular formula is C32H37N. The summed E-state index contributed by atoms with van der Waals surface area (Å²) in [6.45, 7) is 16.5. The SMILES string of the molecule is CC.CC.CC.Cc1c2ccccc2c(C)c2cc3c(cc12)[nH]c1ccc2ccccc2c13. The number of fused-ring (bicyclic) bond motifs is 7. The normalized spacial score (nSPS) is 10.4. The van der Waals surface area contributed by atoms with Gasteiger partial charge in [0.1, 0.15) is 0 Å². The van der Waals surface area contributed by atoms with E-state index in [9.17, 15) is 0 Å². The molecule has 33 heavy (non-hydrogen) atoms. The lowest BCUT2D eigenvalue weighted by atomic mass is 9.92. The third-order valence-electron chi connectivity index (χ3n) is 6.17. The summed E-state index contributed by atoms with van der Waals surface area (Å²) < 4.78 is 0. The molecule has 0 radical (unpaired) electrons. The molecule has 0 saturated heterocycles. The molecular weight excluding hydrogens is 398 g/mol. The highest BCUT2D eigenvalue weighted by Crippen LogP contribution is 2.38. The lowest BCUT2D eigenvalue weighted by Gasteiger charge is -2.12. The van der Waals surface area contributed by atoms with E-state index in [4.69, 9.17) is 0 Å². The highest BCUT2D eigenvalue weighted by molar-refractivity contribution is 6.23. The Labute approximate surface area is 198 Å². The quantitative estimate of drug-likeness (QED) is 0.228. The first kappa shape index (κ1) is 24.3. The maximum absolute atomic E-state index is 3.66. The number of aromatic amines is 1. The number of benzene rings is 5. The molecule has 0 bridgehead atoms. The van der Waals surface area contributed by atoms with Crippen LogP contribution in [-0.2, 0) is 0 Å². The zero-order chi connectivity index (χ0) is 24.1. The predicted octanol–water partition coefficient (Wildman–Crippen LogP) is 10.5. The molecule has 1 heteroatoms. The van der Waals surface area contributed by atoms with Crippen LogP contribution >= 0.6 is 0 Å². The van der Waals surface area contributed by atoms with Gasteiger partial charge < -0.3 is 4.98 Å². The average Bonchev–Trinajstić information content (AvgIpc) is 3.28. The molecule has 0 fully saturated rings. The average molecular weight is 436 g/mol. The molecule has 1 heterocycles. The minimum Gasteiger partial charge on any atom is -0.354 e. The van der Waals surface area contributed by atoms with Crippen molar-refractivity contribution < 1.29 is 0 Å². The van der Waals surface area contributed by atoms with Gasteiger partial charge in [0.05, 0.1) is 0 Å². The minimum atomic E-state index is 1.21. The molecule has 0 unspecified atom stereocenters. The van der Waals surface area contributed by atoms with E-state index in [0.717, 1.165) is 0 Å². The van der Waals surface area contributed by atoms with Crippen molar-refractivity contribution in [2.45, 2.75) is 55.4 Å². The topological polar surface area (TPSA) is 15.8 Å². The molecule has 1 aromatic heterocycles. The Kier molecular flexibility index (Phi) is 7.76. The van der Waals surface area contributed by atoms with Crippen LogP contribution in [0.15, 0.2) is 72.8 Å². The van der Waals surface area contributed by atoms with Gasteiger partial charge in [0.2, 0.25) is 0 Å². The zero-order valence-electron chi connectivity index (χ0n) is 21.4. The van der Waals surface area contributed by atoms with Gasteiger partial charge in [-0.05, 0) is 75.5 Å². The monoisotopic (exact) mass is 435 g/mol. The van der Waals surface area contributed by atoms with Gasteiger partial charge in [-0.25, -0.2) is 0 Å². The number of aryl methyl sites for hydroxylation is 2. The van der Waals surface area contributed by atoms with Crippen LogP contribution in [0.5, 0.6) is 0 Å². The van der Waals surface area contributed by atoms with Gasteiger partial charge >= 0.3 is 0 Å². The summed E-state index contributed by atoms with van der Waals surface area (Å²) in [4.78, 5) is 3.66. The second kappa shape index (κ2) is 10.5. The Balaban J connectivity index is 0.000000475. The summed E-state index contributed by atoms with van der Waals surface area (Å²) in [5.74, 6) is 0. The molecule has 0 amide bonds. The van der Waals surface area contributed by atoms with Crippen molar-refractivity contribution in [3.8, 4) is 0 Å². The van der Waals surface area contributed by atoms with Crippen LogP contribution in [0, 0.1) is 13.8 Å². The molecule has 6 aromatic rings. The van der Waals surface area contributed by atoms with Crippen LogP contribution in [0.3, 0.4) is 0 Å². The summed E-state index contributed by atoms with van der Waals surface area (Å²) >= 11 is 0. The van der Waals surface area contributed by atoms with Gasteiger partial charge in [-0.2, -0.15) is 0 Å². The third-order valence-corrected chi connectivity index (χ3v) is 6.17. The Hall–Kier alpha value is -3.32. The summed E-state index contributed by atoms with van der Waals surface area (Å²) in [7, 11) is 0. The summed E-state index contributed by atoms with van der Waals surface area (Å²) in [5, 5.41) is 10.6. The van der Waals surface area contributed by atoms with Crippen LogP contribution in [-0.4, -0.2) is 4.98 Å². The Morgan fingerprint density at radius 3 is 1.58 bits per heavy atom. The van der Waals surface area contributed by atoms with Gasteiger partial charge in [0, 0.05) is 21.8 Å². The van der Waals surface area contributed by atoms with Crippen LogP contribution in [0.25, 0.3) is 54.1 Å². The molecule has 1 nitrogen and oxygen atoms in total. The molecule has 0 saturated carbocycles. The van der Waals surface area contributed by atoms with E-state index < -0.39 is 0 Å². The van der Waals surface area contributed by atoms with Gasteiger partial charge in [-0.1, -0.05) is 96.1 Å². The van der Waals surface area contributed by atoms with Crippen molar-refractivity contribution in [2.24, 2.45) is 0 Å². The highest BCUT2D eigenvalue weighted by atomic mass is 14.7. The number of H-pyrrole nitrogens is 1. The standard InChI is InChI=1S/C26H19N.3C2H6/c1-15-18-8-5-6-9-19(18)16(2)22-14-25-23(13-21(15)22)26-20-10-4-3-7-17(20)11-12-24(26)27-25;3*1-2/h3-14,27H,1-2H3;3*1-2H3. The Bertz CT molecular complexity index is 1530. The number of hydrogen-bond donors (Lipinski definition) is 1. The Morgan fingerprint density at radius 1 is 0.455 bits per heavy atom. The van der Waals surface area contributed by atoms with Gasteiger partial charge in [-0.15, -0.1) is 0 Å². The zero-order valence-corrected chi connectivity index (χ0v) is 21.4. The van der Waals surface area contributed by atoms with Crippen molar-refractivity contribution in [2.75, 3.05) is 0 Å². The number of hydrogen-bond acceptors (Lipinski definition) is 0. The molecule has 6 rings (SSSR count). The maximum Gasteiger partial charge on any atom is 0.0471 e. The number of aromatic nitrogens is 1. The Morgan fingerprint density at radius 2 is 0.970 bits per heavy atom. The smallest absolute Gasteiger partial charge is 0.0471 e. The molecule has 0 aliphatic rings. The van der Waals surface area contributed by atoms with E-state index in [-0.39, 0.29) is 0 Å². The largest absolute Gasteiger partial charge is 0.354 e. The van der Waals surface area contributed by atoms with Crippen LogP contribution in [0.2, 0.25) is 0 Å². The molecule has 1 N–H and O–H groups in total. The molecule has 0 atom stereocenters. The number of nitrogens with one attached hydrogen (secondary N) is 1. The molecule has 170 valence electrons. The summed E-state index contributed by atoms with van der Waals surface area (Å²) in [6, 6.07) is 26.6. The fraction of sp³-hybridized carbons (Fsp3) is 0.250.